The molecule has 1 heterocycles. The summed E-state index contributed by atoms with van der Waals surface area (Å²) >= 11 is 6.20. The fourth-order valence-electron chi connectivity index (χ4n) is 3.63. The van der Waals surface area contributed by atoms with Crippen molar-refractivity contribution >= 4 is 38.5 Å². The maximum atomic E-state index is 13.9. The lowest BCUT2D eigenvalue weighted by molar-refractivity contribution is 0.305. The van der Waals surface area contributed by atoms with Gasteiger partial charge < -0.3 is 4.74 Å². The van der Waals surface area contributed by atoms with Gasteiger partial charge in [-0.15, -0.1) is 0 Å². The van der Waals surface area contributed by atoms with E-state index >= 15 is 0 Å². The Morgan fingerprint density at radius 2 is 1.83 bits per heavy atom. The number of benzene rings is 3. The highest BCUT2D eigenvalue weighted by atomic mass is 35.5. The molecule has 0 bridgehead atoms. The number of anilines is 1. The molecule has 7 heteroatoms. The molecule has 1 N–H and O–H groups in total. The molecule has 1 aliphatic rings. The summed E-state index contributed by atoms with van der Waals surface area (Å²) in [6, 6.07) is 17.2. The van der Waals surface area contributed by atoms with Crippen molar-refractivity contribution in [1.29, 1.82) is 0 Å². The number of fused-ring (bicyclic) bond motifs is 2. The summed E-state index contributed by atoms with van der Waals surface area (Å²) in [4.78, 5) is 0. The van der Waals surface area contributed by atoms with Crippen LogP contribution in [0.5, 0.6) is 5.75 Å². The zero-order valence-electron chi connectivity index (χ0n) is 16.4. The van der Waals surface area contributed by atoms with Crippen LogP contribution in [0.3, 0.4) is 0 Å². The van der Waals surface area contributed by atoms with Crippen molar-refractivity contribution in [2.75, 3.05) is 11.0 Å². The zero-order chi connectivity index (χ0) is 21.5. The number of hydrogen-bond acceptors (Lipinski definition) is 3. The molecular weight excluding hydrogens is 425 g/mol. The molecule has 0 saturated heterocycles. The fourth-order valence-corrected chi connectivity index (χ4v) is 4.38. The predicted octanol–water partition coefficient (Wildman–Crippen LogP) is 5.72. The van der Waals surface area contributed by atoms with Crippen LogP contribution in [0, 0.1) is 5.82 Å². The predicted molar refractivity (Wildman–Crippen MR) is 119 cm³/mol. The first kappa shape index (κ1) is 20.4. The van der Waals surface area contributed by atoms with Crippen LogP contribution in [0.4, 0.5) is 10.1 Å². The second-order valence-electron chi connectivity index (χ2n) is 7.19. The second-order valence-corrected chi connectivity index (χ2v) is 9.37. The summed E-state index contributed by atoms with van der Waals surface area (Å²) in [5, 5.41) is 0.589. The molecule has 3 aromatic rings. The van der Waals surface area contributed by atoms with Gasteiger partial charge in [0.05, 0.1) is 6.26 Å². The summed E-state index contributed by atoms with van der Waals surface area (Å²) in [6.07, 6.45) is 1.11. The SMILES string of the molecule is C/C(=C1\c2ccc(Cl)cc2COc2cc(F)ccc21)c1cccc(NS(C)(=O)=O)c1. The molecule has 0 aromatic heterocycles. The van der Waals surface area contributed by atoms with Crippen LogP contribution >= 0.6 is 11.6 Å². The van der Waals surface area contributed by atoms with E-state index in [1.165, 1.54) is 12.1 Å². The van der Waals surface area contributed by atoms with Gasteiger partial charge in [-0.25, -0.2) is 12.8 Å². The molecule has 4 rings (SSSR count). The Balaban J connectivity index is 1.96. The zero-order valence-corrected chi connectivity index (χ0v) is 17.9. The number of allylic oxidation sites excluding steroid dienone is 1. The number of halogens is 2. The van der Waals surface area contributed by atoms with Gasteiger partial charge in [-0.2, -0.15) is 0 Å². The molecule has 0 atom stereocenters. The summed E-state index contributed by atoms with van der Waals surface area (Å²) in [7, 11) is -3.40. The number of rotatable bonds is 3. The van der Waals surface area contributed by atoms with Gasteiger partial charge >= 0.3 is 0 Å². The first-order chi connectivity index (χ1) is 14.2. The van der Waals surface area contributed by atoms with E-state index in [-0.39, 0.29) is 12.4 Å². The third kappa shape index (κ3) is 4.20. The van der Waals surface area contributed by atoms with E-state index in [1.807, 2.05) is 31.2 Å². The van der Waals surface area contributed by atoms with Crippen LogP contribution in [0.2, 0.25) is 5.02 Å². The number of ether oxygens (including phenoxy) is 1. The number of hydrogen-bond donors (Lipinski definition) is 1. The van der Waals surface area contributed by atoms with Crippen molar-refractivity contribution in [1.82, 2.24) is 0 Å². The van der Waals surface area contributed by atoms with Gasteiger partial charge in [0.15, 0.2) is 0 Å². The van der Waals surface area contributed by atoms with Crippen LogP contribution in [-0.2, 0) is 16.6 Å². The minimum absolute atomic E-state index is 0.263. The minimum atomic E-state index is -3.40. The first-order valence-corrected chi connectivity index (χ1v) is 11.5. The molecule has 4 nitrogen and oxygen atoms in total. The third-order valence-electron chi connectivity index (χ3n) is 4.91. The highest BCUT2D eigenvalue weighted by Crippen LogP contribution is 2.42. The van der Waals surface area contributed by atoms with Crippen molar-refractivity contribution in [2.24, 2.45) is 0 Å². The molecular formula is C23H19ClFNO3S. The average Bonchev–Trinajstić information content (AvgIpc) is 2.82. The standard InChI is InChI=1S/C23H19ClFNO3S/c1-14(15-4-3-5-19(11-15)26-30(2,27)28)23-20-8-6-17(24)10-16(20)13-29-22-12-18(25)7-9-21(22)23/h3-12,26H,13H2,1-2H3/b23-14-. The molecule has 0 saturated carbocycles. The van der Waals surface area contributed by atoms with Gasteiger partial charge in [-0.3, -0.25) is 4.72 Å². The molecule has 0 fully saturated rings. The van der Waals surface area contributed by atoms with E-state index in [4.69, 9.17) is 16.3 Å². The Labute approximate surface area is 180 Å². The second kappa shape index (κ2) is 7.78. The summed E-state index contributed by atoms with van der Waals surface area (Å²) in [5.74, 6) is 0.0659. The quantitative estimate of drug-likeness (QED) is 0.563. The van der Waals surface area contributed by atoms with Crippen LogP contribution in [0.15, 0.2) is 60.7 Å². The van der Waals surface area contributed by atoms with E-state index in [2.05, 4.69) is 4.72 Å². The third-order valence-corrected chi connectivity index (χ3v) is 5.75. The smallest absolute Gasteiger partial charge is 0.229 e. The summed E-state index contributed by atoms with van der Waals surface area (Å²) in [6.45, 7) is 2.21. The highest BCUT2D eigenvalue weighted by molar-refractivity contribution is 7.92. The highest BCUT2D eigenvalue weighted by Gasteiger charge is 2.22. The first-order valence-electron chi connectivity index (χ1n) is 9.22. The van der Waals surface area contributed by atoms with Crippen LogP contribution < -0.4 is 9.46 Å². The summed E-state index contributed by atoms with van der Waals surface area (Å²) < 4.78 is 45.6. The number of sulfonamides is 1. The van der Waals surface area contributed by atoms with Crippen molar-refractivity contribution in [3.63, 3.8) is 0 Å². The van der Waals surface area contributed by atoms with Gasteiger partial charge in [0.2, 0.25) is 10.0 Å². The van der Waals surface area contributed by atoms with Gasteiger partial charge in [0.1, 0.15) is 18.2 Å². The molecule has 154 valence electrons. The maximum absolute atomic E-state index is 13.9. The Morgan fingerprint density at radius 3 is 2.60 bits per heavy atom. The lowest BCUT2D eigenvalue weighted by Gasteiger charge is -2.16. The average molecular weight is 444 g/mol. The number of nitrogens with one attached hydrogen (secondary N) is 1. The summed E-state index contributed by atoms with van der Waals surface area (Å²) in [5.41, 5.74) is 5.66. The van der Waals surface area contributed by atoms with Crippen LogP contribution in [0.25, 0.3) is 11.1 Å². The maximum Gasteiger partial charge on any atom is 0.229 e. The molecule has 0 amide bonds. The van der Waals surface area contributed by atoms with E-state index in [0.29, 0.717) is 16.5 Å². The minimum Gasteiger partial charge on any atom is -0.488 e. The van der Waals surface area contributed by atoms with E-state index in [1.54, 1.807) is 24.3 Å². The Morgan fingerprint density at radius 1 is 1.07 bits per heavy atom. The van der Waals surface area contributed by atoms with Crippen molar-refractivity contribution in [2.45, 2.75) is 13.5 Å². The normalized spacial score (nSPS) is 14.8. The van der Waals surface area contributed by atoms with Gasteiger partial charge in [-0.05, 0) is 71.2 Å². The Kier molecular flexibility index (Phi) is 5.30. The lowest BCUT2D eigenvalue weighted by Crippen LogP contribution is -2.09. The largest absolute Gasteiger partial charge is 0.488 e. The molecule has 30 heavy (non-hydrogen) atoms. The van der Waals surface area contributed by atoms with Crippen LogP contribution in [-0.4, -0.2) is 14.7 Å². The molecule has 0 spiro atoms. The van der Waals surface area contributed by atoms with Crippen molar-refractivity contribution < 1.29 is 17.5 Å². The Hall–Kier alpha value is -2.83. The monoisotopic (exact) mass is 443 g/mol. The van der Waals surface area contributed by atoms with Gasteiger partial charge in [-0.1, -0.05) is 29.8 Å². The molecule has 0 aliphatic carbocycles. The van der Waals surface area contributed by atoms with Crippen molar-refractivity contribution in [3.05, 3.63) is 93.8 Å². The molecule has 0 radical (unpaired) electrons. The van der Waals surface area contributed by atoms with Gasteiger partial charge in [0, 0.05) is 22.3 Å². The van der Waals surface area contributed by atoms with E-state index in [0.717, 1.165) is 39.7 Å². The van der Waals surface area contributed by atoms with Crippen molar-refractivity contribution in [3.8, 4) is 5.75 Å². The molecule has 1 aliphatic heterocycles. The Bertz CT molecular complexity index is 1230. The lowest BCUT2D eigenvalue weighted by atomic mass is 9.88. The van der Waals surface area contributed by atoms with Gasteiger partial charge in [0.25, 0.3) is 0 Å². The molecule has 3 aromatic carbocycles. The fraction of sp³-hybridized carbons (Fsp3) is 0.130. The molecule has 0 unspecified atom stereocenters. The van der Waals surface area contributed by atoms with E-state index in [9.17, 15) is 12.8 Å². The van der Waals surface area contributed by atoms with E-state index < -0.39 is 10.0 Å². The topological polar surface area (TPSA) is 55.4 Å². The van der Waals surface area contributed by atoms with Crippen LogP contribution in [0.1, 0.15) is 29.2 Å².